The number of aromatic nitrogens is 4. The molecule has 1 aliphatic carbocycles. The van der Waals surface area contributed by atoms with Gasteiger partial charge in [0, 0.05) is 18.5 Å². The highest BCUT2D eigenvalue weighted by Crippen LogP contribution is 2.34. The van der Waals surface area contributed by atoms with Crippen molar-refractivity contribution in [3.05, 3.63) is 51.1 Å². The van der Waals surface area contributed by atoms with E-state index in [1.807, 2.05) is 0 Å². The second kappa shape index (κ2) is 7.25. The standard InChI is InChI=1S/C17H17ClN4O4/c1-3-26-9-13(15(23)10-4-5-10)16(24)12-7-6-11(8-14(12)18)22-17(25)21(2)19-20-22/h6-10H,3-5H2,1-2H3/b13-9-. The minimum absolute atomic E-state index is 0.0133. The number of benzene rings is 1. The van der Waals surface area contributed by atoms with E-state index < -0.39 is 11.5 Å². The highest BCUT2D eigenvalue weighted by molar-refractivity contribution is 6.37. The van der Waals surface area contributed by atoms with Crippen LogP contribution >= 0.6 is 11.6 Å². The van der Waals surface area contributed by atoms with Crippen molar-refractivity contribution in [3.8, 4) is 5.69 Å². The smallest absolute Gasteiger partial charge is 0.368 e. The fraction of sp³-hybridized carbons (Fsp3) is 0.353. The van der Waals surface area contributed by atoms with Gasteiger partial charge >= 0.3 is 5.69 Å². The molecular weight excluding hydrogens is 360 g/mol. The molecule has 136 valence electrons. The van der Waals surface area contributed by atoms with Crippen LogP contribution in [0.4, 0.5) is 0 Å². The summed E-state index contributed by atoms with van der Waals surface area (Å²) in [6, 6.07) is 4.42. The Hall–Kier alpha value is -2.74. The number of ketones is 2. The maximum Gasteiger partial charge on any atom is 0.368 e. The third-order valence-corrected chi connectivity index (χ3v) is 4.30. The van der Waals surface area contributed by atoms with Crippen LogP contribution in [-0.4, -0.2) is 38.0 Å². The van der Waals surface area contributed by atoms with Crippen LogP contribution in [0, 0.1) is 5.92 Å². The van der Waals surface area contributed by atoms with E-state index in [1.54, 1.807) is 6.92 Å². The average molecular weight is 377 g/mol. The number of tetrazole rings is 1. The zero-order valence-corrected chi connectivity index (χ0v) is 15.1. The summed E-state index contributed by atoms with van der Waals surface area (Å²) in [7, 11) is 1.47. The number of carbonyl (C=O) groups excluding carboxylic acids is 2. The first-order chi connectivity index (χ1) is 12.4. The summed E-state index contributed by atoms with van der Waals surface area (Å²) in [5.74, 6) is -0.853. The van der Waals surface area contributed by atoms with Crippen LogP contribution in [0.2, 0.25) is 5.02 Å². The van der Waals surface area contributed by atoms with Gasteiger partial charge in [0.2, 0.25) is 5.78 Å². The molecule has 0 spiro atoms. The van der Waals surface area contributed by atoms with Crippen LogP contribution in [0.25, 0.3) is 5.69 Å². The Balaban J connectivity index is 1.95. The van der Waals surface area contributed by atoms with E-state index in [1.165, 1.54) is 31.5 Å². The molecule has 0 saturated heterocycles. The number of ether oxygens (including phenoxy) is 1. The van der Waals surface area contributed by atoms with Crippen molar-refractivity contribution >= 4 is 23.2 Å². The van der Waals surface area contributed by atoms with E-state index in [0.717, 1.165) is 22.2 Å². The summed E-state index contributed by atoms with van der Waals surface area (Å²) in [5, 5.41) is 7.46. The number of hydrogen-bond donors (Lipinski definition) is 0. The van der Waals surface area contributed by atoms with E-state index in [2.05, 4.69) is 10.4 Å². The fourth-order valence-corrected chi connectivity index (χ4v) is 2.66. The first-order valence-electron chi connectivity index (χ1n) is 8.13. The second-order valence-electron chi connectivity index (χ2n) is 5.92. The van der Waals surface area contributed by atoms with Gasteiger partial charge in [0.1, 0.15) is 5.57 Å². The van der Waals surface area contributed by atoms with Crippen LogP contribution in [0.3, 0.4) is 0 Å². The summed E-state index contributed by atoms with van der Waals surface area (Å²) in [5.41, 5.74) is 0.0717. The van der Waals surface area contributed by atoms with Crippen LogP contribution in [0.15, 0.2) is 34.8 Å². The lowest BCUT2D eigenvalue weighted by molar-refractivity contribution is -0.116. The van der Waals surface area contributed by atoms with E-state index in [0.29, 0.717) is 12.3 Å². The third kappa shape index (κ3) is 3.45. The zero-order chi connectivity index (χ0) is 18.8. The topological polar surface area (TPSA) is 96.1 Å². The number of halogens is 1. The van der Waals surface area contributed by atoms with Gasteiger partial charge in [0.15, 0.2) is 5.78 Å². The highest BCUT2D eigenvalue weighted by Gasteiger charge is 2.35. The molecule has 2 aromatic rings. The lowest BCUT2D eigenvalue weighted by atomic mass is 9.98. The minimum Gasteiger partial charge on any atom is -0.501 e. The van der Waals surface area contributed by atoms with Crippen LogP contribution in [0.1, 0.15) is 30.1 Å². The number of aryl methyl sites for hydroxylation is 1. The van der Waals surface area contributed by atoms with Crippen LogP contribution in [-0.2, 0) is 16.6 Å². The maximum atomic E-state index is 12.8. The molecule has 8 nitrogen and oxygen atoms in total. The van der Waals surface area contributed by atoms with E-state index in [9.17, 15) is 14.4 Å². The van der Waals surface area contributed by atoms with Crippen LogP contribution < -0.4 is 5.69 Å². The SMILES string of the molecule is CCO/C=C(\C(=O)c1ccc(-n2nnn(C)c2=O)cc1Cl)C(=O)C1CC1. The first kappa shape index (κ1) is 18.1. The molecule has 0 radical (unpaired) electrons. The average Bonchev–Trinajstić information content (AvgIpc) is 3.41. The van der Waals surface area contributed by atoms with Crippen molar-refractivity contribution in [2.75, 3.05) is 6.61 Å². The van der Waals surface area contributed by atoms with Crippen molar-refractivity contribution in [3.63, 3.8) is 0 Å². The summed E-state index contributed by atoms with van der Waals surface area (Å²) >= 11 is 6.24. The third-order valence-electron chi connectivity index (χ3n) is 3.99. The zero-order valence-electron chi connectivity index (χ0n) is 14.3. The summed E-state index contributed by atoms with van der Waals surface area (Å²) < 4.78 is 7.31. The molecule has 1 aromatic carbocycles. The Kier molecular flexibility index (Phi) is 5.03. The monoisotopic (exact) mass is 376 g/mol. The molecule has 1 fully saturated rings. The van der Waals surface area contributed by atoms with Crippen molar-refractivity contribution < 1.29 is 14.3 Å². The number of allylic oxidation sites excluding steroid dienone is 1. The minimum atomic E-state index is -0.501. The Morgan fingerprint density at radius 1 is 1.35 bits per heavy atom. The Morgan fingerprint density at radius 2 is 2.08 bits per heavy atom. The molecular formula is C17H17ClN4O4. The van der Waals surface area contributed by atoms with Gasteiger partial charge in [0.25, 0.3) is 0 Å². The second-order valence-corrected chi connectivity index (χ2v) is 6.32. The number of carbonyl (C=O) groups is 2. The van der Waals surface area contributed by atoms with Crippen molar-refractivity contribution in [2.45, 2.75) is 19.8 Å². The van der Waals surface area contributed by atoms with Crippen molar-refractivity contribution in [1.82, 2.24) is 19.8 Å². The van der Waals surface area contributed by atoms with Gasteiger partial charge in [-0.05, 0) is 48.4 Å². The molecule has 0 unspecified atom stereocenters. The van der Waals surface area contributed by atoms with E-state index >= 15 is 0 Å². The van der Waals surface area contributed by atoms with Gasteiger partial charge in [-0.1, -0.05) is 11.6 Å². The summed E-state index contributed by atoms with van der Waals surface area (Å²) in [6.45, 7) is 2.11. The van der Waals surface area contributed by atoms with E-state index in [-0.39, 0.29) is 27.9 Å². The molecule has 3 rings (SSSR count). The van der Waals surface area contributed by atoms with Crippen molar-refractivity contribution in [2.24, 2.45) is 13.0 Å². The Labute approximate surface area is 154 Å². The van der Waals surface area contributed by atoms with Gasteiger partial charge in [-0.15, -0.1) is 0 Å². The molecule has 1 saturated carbocycles. The first-order valence-corrected chi connectivity index (χ1v) is 8.51. The van der Waals surface area contributed by atoms with Crippen LogP contribution in [0.5, 0.6) is 0 Å². The van der Waals surface area contributed by atoms with Crippen molar-refractivity contribution in [1.29, 1.82) is 0 Å². The van der Waals surface area contributed by atoms with E-state index in [4.69, 9.17) is 16.3 Å². The maximum absolute atomic E-state index is 12.8. The predicted molar refractivity (Wildman–Crippen MR) is 93.4 cm³/mol. The highest BCUT2D eigenvalue weighted by atomic mass is 35.5. The van der Waals surface area contributed by atoms with Gasteiger partial charge < -0.3 is 4.74 Å². The number of nitrogens with zero attached hydrogens (tertiary/aromatic N) is 4. The molecule has 26 heavy (non-hydrogen) atoms. The molecule has 0 amide bonds. The number of rotatable bonds is 7. The molecule has 0 aliphatic heterocycles. The Morgan fingerprint density at radius 3 is 2.62 bits per heavy atom. The summed E-state index contributed by atoms with van der Waals surface area (Å²) in [4.78, 5) is 37.1. The fourth-order valence-electron chi connectivity index (χ4n) is 2.40. The number of hydrogen-bond acceptors (Lipinski definition) is 6. The molecule has 0 bridgehead atoms. The molecule has 1 heterocycles. The van der Waals surface area contributed by atoms with Gasteiger partial charge in [-0.25, -0.2) is 4.79 Å². The van der Waals surface area contributed by atoms with Gasteiger partial charge in [0.05, 0.1) is 23.6 Å². The largest absolute Gasteiger partial charge is 0.501 e. The molecule has 1 aromatic heterocycles. The number of Topliss-reactive ketones (excluding diaryl/α,β-unsaturated/α-hetero) is 2. The lowest BCUT2D eigenvalue weighted by Crippen LogP contribution is -2.22. The molecule has 0 N–H and O–H groups in total. The normalized spacial score (nSPS) is 14.3. The lowest BCUT2D eigenvalue weighted by Gasteiger charge is -2.09. The molecule has 0 atom stereocenters. The Bertz CT molecular complexity index is 956. The predicted octanol–water partition coefficient (Wildman–Crippen LogP) is 1.70. The van der Waals surface area contributed by atoms with Gasteiger partial charge in [-0.2, -0.15) is 9.36 Å². The van der Waals surface area contributed by atoms with Gasteiger partial charge in [-0.3, -0.25) is 9.59 Å². The molecule has 1 aliphatic rings. The quantitative estimate of drug-likeness (QED) is 0.240. The summed E-state index contributed by atoms with van der Waals surface area (Å²) in [6.07, 6.45) is 2.76. The molecule has 9 heteroatoms.